The van der Waals surface area contributed by atoms with Crippen LogP contribution >= 0.6 is 0 Å². The van der Waals surface area contributed by atoms with E-state index in [2.05, 4.69) is 5.32 Å². The lowest BCUT2D eigenvalue weighted by atomic mass is 9.96. The third-order valence-electron chi connectivity index (χ3n) is 3.53. The lowest BCUT2D eigenvalue weighted by molar-refractivity contribution is -0.386. The highest BCUT2D eigenvalue weighted by atomic mass is 19.1. The molecule has 1 aliphatic heterocycles. The Labute approximate surface area is 115 Å². The van der Waals surface area contributed by atoms with Crippen molar-refractivity contribution in [2.45, 2.75) is 12.8 Å². The normalized spacial score (nSPS) is 18.7. The fraction of sp³-hybridized carbons (Fsp3) is 0.462. The second-order valence-corrected chi connectivity index (χ2v) is 4.76. The minimum absolute atomic E-state index is 0.0891. The molecule has 1 aromatic carbocycles. The SMILES string of the molecule is CNC(=O)C1CCCN(c2cccc(F)c2[N+](=O)[O-])C1. The first kappa shape index (κ1) is 14.2. The van der Waals surface area contributed by atoms with E-state index < -0.39 is 16.4 Å². The van der Waals surface area contributed by atoms with E-state index in [0.29, 0.717) is 13.1 Å². The van der Waals surface area contributed by atoms with Crippen molar-refractivity contribution in [3.8, 4) is 0 Å². The molecule has 1 aromatic rings. The van der Waals surface area contributed by atoms with Crippen LogP contribution in [0.3, 0.4) is 0 Å². The zero-order chi connectivity index (χ0) is 14.7. The average molecular weight is 281 g/mol. The standard InChI is InChI=1S/C13H16FN3O3/c1-15-13(18)9-4-3-7-16(8-9)11-6-2-5-10(14)12(11)17(19)20/h2,5-6,9H,3-4,7-8H2,1H3,(H,15,18). The molecule has 6 nitrogen and oxygen atoms in total. The second kappa shape index (κ2) is 5.85. The average Bonchev–Trinajstić information content (AvgIpc) is 2.45. The van der Waals surface area contributed by atoms with Gasteiger partial charge in [-0.2, -0.15) is 4.39 Å². The molecule has 2 rings (SSSR count). The molecule has 1 fully saturated rings. The number of para-hydroxylation sites is 1. The van der Waals surface area contributed by atoms with Crippen LogP contribution in [0.2, 0.25) is 0 Å². The van der Waals surface area contributed by atoms with Gasteiger partial charge in [-0.3, -0.25) is 14.9 Å². The van der Waals surface area contributed by atoms with Crippen molar-refractivity contribution in [3.63, 3.8) is 0 Å². The quantitative estimate of drug-likeness (QED) is 0.676. The van der Waals surface area contributed by atoms with E-state index in [0.717, 1.165) is 18.9 Å². The molecule has 1 amide bonds. The maximum absolute atomic E-state index is 13.6. The summed E-state index contributed by atoms with van der Waals surface area (Å²) in [6, 6.07) is 4.04. The van der Waals surface area contributed by atoms with E-state index in [1.807, 2.05) is 0 Å². The van der Waals surface area contributed by atoms with Gasteiger partial charge in [-0.05, 0) is 25.0 Å². The maximum Gasteiger partial charge on any atom is 0.327 e. The molecule has 0 aromatic heterocycles. The lowest BCUT2D eigenvalue weighted by Gasteiger charge is -2.33. The van der Waals surface area contributed by atoms with Crippen LogP contribution in [0.5, 0.6) is 0 Å². The van der Waals surface area contributed by atoms with Crippen LogP contribution in [0.4, 0.5) is 15.8 Å². The number of carbonyl (C=O) groups excluding carboxylic acids is 1. The Balaban J connectivity index is 2.30. The molecule has 0 bridgehead atoms. The fourth-order valence-corrected chi connectivity index (χ4v) is 2.55. The molecule has 1 unspecified atom stereocenters. The van der Waals surface area contributed by atoms with E-state index in [9.17, 15) is 19.3 Å². The minimum Gasteiger partial charge on any atom is -0.365 e. The van der Waals surface area contributed by atoms with Gasteiger partial charge in [-0.1, -0.05) is 6.07 Å². The number of nitrogens with zero attached hydrogens (tertiary/aromatic N) is 2. The summed E-state index contributed by atoms with van der Waals surface area (Å²) < 4.78 is 13.6. The lowest BCUT2D eigenvalue weighted by Crippen LogP contribution is -2.42. The summed E-state index contributed by atoms with van der Waals surface area (Å²) >= 11 is 0. The Bertz CT molecular complexity index is 536. The highest BCUT2D eigenvalue weighted by Gasteiger charge is 2.30. The van der Waals surface area contributed by atoms with Gasteiger partial charge in [0.1, 0.15) is 5.69 Å². The monoisotopic (exact) mass is 281 g/mol. The van der Waals surface area contributed by atoms with E-state index in [1.165, 1.54) is 12.1 Å². The highest BCUT2D eigenvalue weighted by Crippen LogP contribution is 2.33. The van der Waals surface area contributed by atoms with Crippen LogP contribution in [0.15, 0.2) is 18.2 Å². The third-order valence-corrected chi connectivity index (χ3v) is 3.53. The number of nitro benzene ring substituents is 1. The predicted octanol–water partition coefficient (Wildman–Crippen LogP) is 1.70. The van der Waals surface area contributed by atoms with E-state index in [-0.39, 0.29) is 17.5 Å². The summed E-state index contributed by atoms with van der Waals surface area (Å²) in [4.78, 5) is 23.7. The summed E-state index contributed by atoms with van der Waals surface area (Å²) in [6.07, 6.45) is 1.48. The molecule has 1 atom stereocenters. The van der Waals surface area contributed by atoms with Gasteiger partial charge < -0.3 is 10.2 Å². The number of hydrogen-bond donors (Lipinski definition) is 1. The first-order chi connectivity index (χ1) is 9.54. The summed E-state index contributed by atoms with van der Waals surface area (Å²) in [5.41, 5.74) is -0.284. The van der Waals surface area contributed by atoms with Gasteiger partial charge in [-0.25, -0.2) is 0 Å². The Hall–Kier alpha value is -2.18. The van der Waals surface area contributed by atoms with Crippen molar-refractivity contribution in [3.05, 3.63) is 34.1 Å². The minimum atomic E-state index is -0.852. The molecular weight excluding hydrogens is 265 g/mol. The molecule has 1 saturated heterocycles. The number of carbonyl (C=O) groups is 1. The van der Waals surface area contributed by atoms with Gasteiger partial charge in [-0.15, -0.1) is 0 Å². The van der Waals surface area contributed by atoms with Crippen LogP contribution < -0.4 is 10.2 Å². The first-order valence-electron chi connectivity index (χ1n) is 6.44. The predicted molar refractivity (Wildman–Crippen MR) is 72.1 cm³/mol. The number of amides is 1. The molecule has 0 radical (unpaired) electrons. The zero-order valence-electron chi connectivity index (χ0n) is 11.1. The van der Waals surface area contributed by atoms with Crippen LogP contribution in [0, 0.1) is 21.8 Å². The van der Waals surface area contributed by atoms with Crippen molar-refractivity contribution in [1.29, 1.82) is 0 Å². The largest absolute Gasteiger partial charge is 0.365 e. The molecule has 1 N–H and O–H groups in total. The Morgan fingerprint density at radius 2 is 2.30 bits per heavy atom. The Kier molecular flexibility index (Phi) is 4.16. The number of benzene rings is 1. The fourth-order valence-electron chi connectivity index (χ4n) is 2.55. The zero-order valence-corrected chi connectivity index (χ0v) is 11.1. The van der Waals surface area contributed by atoms with Crippen LogP contribution in [-0.2, 0) is 4.79 Å². The van der Waals surface area contributed by atoms with Crippen LogP contribution in [-0.4, -0.2) is 31.0 Å². The molecule has 1 aliphatic rings. The summed E-state index contributed by atoms with van der Waals surface area (Å²) in [5, 5.41) is 13.6. The van der Waals surface area contributed by atoms with Crippen molar-refractivity contribution >= 4 is 17.3 Å². The molecule has 7 heteroatoms. The maximum atomic E-state index is 13.6. The molecule has 20 heavy (non-hydrogen) atoms. The second-order valence-electron chi connectivity index (χ2n) is 4.76. The van der Waals surface area contributed by atoms with E-state index >= 15 is 0 Å². The summed E-state index contributed by atoms with van der Waals surface area (Å²) in [6.45, 7) is 0.946. The Morgan fingerprint density at radius 3 is 2.95 bits per heavy atom. The third kappa shape index (κ3) is 2.71. The molecule has 0 aliphatic carbocycles. The number of piperidine rings is 1. The van der Waals surface area contributed by atoms with Crippen molar-refractivity contribution < 1.29 is 14.1 Å². The summed E-state index contributed by atoms with van der Waals surface area (Å²) in [7, 11) is 1.56. The molecule has 1 heterocycles. The number of anilines is 1. The van der Waals surface area contributed by atoms with E-state index in [4.69, 9.17) is 0 Å². The number of nitro groups is 1. The first-order valence-corrected chi connectivity index (χ1v) is 6.44. The smallest absolute Gasteiger partial charge is 0.327 e. The number of hydrogen-bond acceptors (Lipinski definition) is 4. The molecular formula is C13H16FN3O3. The molecule has 0 spiro atoms. The van der Waals surface area contributed by atoms with Gasteiger partial charge in [0.2, 0.25) is 11.7 Å². The number of halogens is 1. The Morgan fingerprint density at radius 1 is 1.55 bits per heavy atom. The van der Waals surface area contributed by atoms with Crippen molar-refractivity contribution in [2.24, 2.45) is 5.92 Å². The number of rotatable bonds is 3. The number of nitrogens with one attached hydrogen (secondary N) is 1. The van der Waals surface area contributed by atoms with Gasteiger partial charge >= 0.3 is 5.69 Å². The van der Waals surface area contributed by atoms with Gasteiger partial charge in [0.15, 0.2) is 0 Å². The van der Waals surface area contributed by atoms with Crippen LogP contribution in [0.1, 0.15) is 12.8 Å². The van der Waals surface area contributed by atoms with Crippen molar-refractivity contribution in [2.75, 3.05) is 25.0 Å². The highest BCUT2D eigenvalue weighted by molar-refractivity contribution is 5.79. The van der Waals surface area contributed by atoms with Crippen molar-refractivity contribution in [1.82, 2.24) is 5.32 Å². The van der Waals surface area contributed by atoms with Gasteiger partial charge in [0.25, 0.3) is 0 Å². The molecule has 108 valence electrons. The topological polar surface area (TPSA) is 75.5 Å². The van der Waals surface area contributed by atoms with Gasteiger partial charge in [0, 0.05) is 20.1 Å². The molecule has 0 saturated carbocycles. The van der Waals surface area contributed by atoms with Crippen LogP contribution in [0.25, 0.3) is 0 Å². The summed E-state index contributed by atoms with van der Waals surface area (Å²) in [5.74, 6) is -1.17. The van der Waals surface area contributed by atoms with Gasteiger partial charge in [0.05, 0.1) is 10.8 Å². The van der Waals surface area contributed by atoms with E-state index in [1.54, 1.807) is 11.9 Å².